The van der Waals surface area contributed by atoms with Crippen LogP contribution in [0, 0.1) is 0 Å². The average Bonchev–Trinajstić information content (AvgIpc) is 2.90. The third-order valence-electron chi connectivity index (χ3n) is 2.92. The van der Waals surface area contributed by atoms with Gasteiger partial charge in [-0.15, -0.1) is 11.3 Å². The topological polar surface area (TPSA) is 54.5 Å². The summed E-state index contributed by atoms with van der Waals surface area (Å²) >= 11 is 7.58. The number of benzene rings is 1. The molecule has 1 aromatic carbocycles. The van der Waals surface area contributed by atoms with Crippen LogP contribution < -0.4 is 0 Å². The lowest BCUT2D eigenvalue weighted by atomic mass is 10.2. The van der Waals surface area contributed by atoms with Gasteiger partial charge in [-0.25, -0.2) is 8.42 Å². The van der Waals surface area contributed by atoms with Gasteiger partial charge >= 0.3 is 0 Å². The van der Waals surface area contributed by atoms with Gasteiger partial charge in [-0.05, 0) is 29.6 Å². The van der Waals surface area contributed by atoms with Crippen molar-refractivity contribution in [3.63, 3.8) is 0 Å². The molecule has 7 heteroatoms. The van der Waals surface area contributed by atoms with Crippen molar-refractivity contribution in [2.75, 3.05) is 13.3 Å². The van der Waals surface area contributed by atoms with Gasteiger partial charge in [0.1, 0.15) is 0 Å². The summed E-state index contributed by atoms with van der Waals surface area (Å²) in [4.78, 5) is 15.1. The Bertz CT molecular complexity index is 755. The molecule has 21 heavy (non-hydrogen) atoms. The SMILES string of the molecule is CN(Cc1cccs1)C(=O)c1cc(S(C)(=O)=O)ccc1Cl. The third kappa shape index (κ3) is 3.84. The Morgan fingerprint density at radius 2 is 2.05 bits per heavy atom. The van der Waals surface area contributed by atoms with Crippen molar-refractivity contribution in [3.05, 3.63) is 51.2 Å². The Hall–Kier alpha value is -1.37. The zero-order valence-electron chi connectivity index (χ0n) is 11.5. The van der Waals surface area contributed by atoms with Crippen LogP contribution in [0.15, 0.2) is 40.6 Å². The van der Waals surface area contributed by atoms with E-state index < -0.39 is 9.84 Å². The largest absolute Gasteiger partial charge is 0.337 e. The number of sulfone groups is 1. The van der Waals surface area contributed by atoms with Crippen LogP contribution in [0.5, 0.6) is 0 Å². The van der Waals surface area contributed by atoms with E-state index in [1.54, 1.807) is 18.4 Å². The summed E-state index contributed by atoms with van der Waals surface area (Å²) in [6.45, 7) is 0.454. The molecule has 0 unspecified atom stereocenters. The first-order valence-corrected chi connectivity index (χ1v) is 9.21. The first-order valence-electron chi connectivity index (χ1n) is 6.06. The van der Waals surface area contributed by atoms with Crippen molar-refractivity contribution >= 4 is 38.7 Å². The molecule has 0 spiro atoms. The number of rotatable bonds is 4. The summed E-state index contributed by atoms with van der Waals surface area (Å²) in [7, 11) is -1.72. The summed E-state index contributed by atoms with van der Waals surface area (Å²) in [5.41, 5.74) is 0.193. The smallest absolute Gasteiger partial charge is 0.255 e. The normalized spacial score (nSPS) is 11.4. The molecule has 1 amide bonds. The van der Waals surface area contributed by atoms with Gasteiger partial charge in [-0.1, -0.05) is 17.7 Å². The van der Waals surface area contributed by atoms with Gasteiger partial charge in [0, 0.05) is 18.2 Å². The van der Waals surface area contributed by atoms with Gasteiger partial charge in [-0.2, -0.15) is 0 Å². The Kier molecular flexibility index (Phi) is 4.70. The maximum atomic E-state index is 12.4. The first kappa shape index (κ1) is 16.0. The van der Waals surface area contributed by atoms with Crippen LogP contribution in [0.25, 0.3) is 0 Å². The second-order valence-electron chi connectivity index (χ2n) is 4.65. The number of carbonyl (C=O) groups excluding carboxylic acids is 1. The standard InChI is InChI=1S/C14H14ClNO3S2/c1-16(9-10-4-3-7-20-10)14(17)12-8-11(21(2,18)19)5-6-13(12)15/h3-8H,9H2,1-2H3. The number of carbonyl (C=O) groups is 1. The fourth-order valence-corrected chi connectivity index (χ4v) is 3.42. The fourth-order valence-electron chi connectivity index (χ4n) is 1.81. The van der Waals surface area contributed by atoms with E-state index >= 15 is 0 Å². The second-order valence-corrected chi connectivity index (χ2v) is 8.11. The summed E-state index contributed by atoms with van der Waals surface area (Å²) in [6, 6.07) is 8.00. The molecular weight excluding hydrogens is 330 g/mol. The van der Waals surface area contributed by atoms with Gasteiger partial charge in [0.25, 0.3) is 5.91 Å². The molecule has 0 N–H and O–H groups in total. The zero-order chi connectivity index (χ0) is 15.6. The van der Waals surface area contributed by atoms with Crippen LogP contribution in [0.2, 0.25) is 5.02 Å². The van der Waals surface area contributed by atoms with Crippen molar-refractivity contribution < 1.29 is 13.2 Å². The molecule has 0 bridgehead atoms. The minimum Gasteiger partial charge on any atom is -0.337 e. The lowest BCUT2D eigenvalue weighted by Crippen LogP contribution is -2.26. The highest BCUT2D eigenvalue weighted by molar-refractivity contribution is 7.90. The Labute approximate surface area is 132 Å². The Morgan fingerprint density at radius 3 is 2.62 bits per heavy atom. The number of hydrogen-bond donors (Lipinski definition) is 0. The van der Waals surface area contributed by atoms with Gasteiger partial charge in [-0.3, -0.25) is 4.79 Å². The van der Waals surface area contributed by atoms with E-state index in [1.165, 1.54) is 23.1 Å². The van der Waals surface area contributed by atoms with Gasteiger partial charge < -0.3 is 4.90 Å². The minimum atomic E-state index is -3.38. The van der Waals surface area contributed by atoms with Crippen LogP contribution >= 0.6 is 22.9 Å². The monoisotopic (exact) mass is 343 g/mol. The molecule has 4 nitrogen and oxygen atoms in total. The molecule has 0 radical (unpaired) electrons. The number of hydrogen-bond acceptors (Lipinski definition) is 4. The van der Waals surface area contributed by atoms with E-state index in [-0.39, 0.29) is 21.4 Å². The molecular formula is C14H14ClNO3S2. The molecule has 1 aromatic heterocycles. The number of halogens is 1. The molecule has 0 saturated carbocycles. The molecule has 0 aliphatic heterocycles. The lowest BCUT2D eigenvalue weighted by Gasteiger charge is -2.17. The molecule has 2 aromatic rings. The number of amides is 1. The molecule has 2 rings (SSSR count). The summed E-state index contributed by atoms with van der Waals surface area (Å²) in [5.74, 6) is -0.307. The minimum absolute atomic E-state index is 0.0831. The maximum absolute atomic E-state index is 12.4. The predicted octanol–water partition coefficient (Wildman–Crippen LogP) is 3.08. The van der Waals surface area contributed by atoms with Crippen molar-refractivity contribution in [1.29, 1.82) is 0 Å². The lowest BCUT2D eigenvalue weighted by molar-refractivity contribution is 0.0786. The second kappa shape index (κ2) is 6.17. The average molecular weight is 344 g/mol. The molecule has 0 fully saturated rings. The fraction of sp³-hybridized carbons (Fsp3) is 0.214. The van der Waals surface area contributed by atoms with E-state index in [1.807, 2.05) is 17.5 Å². The van der Waals surface area contributed by atoms with Gasteiger partial charge in [0.2, 0.25) is 0 Å². The van der Waals surface area contributed by atoms with E-state index in [0.29, 0.717) is 6.54 Å². The Balaban J connectivity index is 2.30. The maximum Gasteiger partial charge on any atom is 0.255 e. The molecule has 0 saturated heterocycles. The predicted molar refractivity (Wildman–Crippen MR) is 84.7 cm³/mol. The van der Waals surface area contributed by atoms with E-state index in [2.05, 4.69) is 0 Å². The summed E-state index contributed by atoms with van der Waals surface area (Å²) in [5, 5.41) is 2.18. The van der Waals surface area contributed by atoms with Crippen molar-refractivity contribution in [2.24, 2.45) is 0 Å². The highest BCUT2D eigenvalue weighted by atomic mass is 35.5. The van der Waals surface area contributed by atoms with Crippen LogP contribution in [-0.2, 0) is 16.4 Å². The van der Waals surface area contributed by atoms with Gasteiger partial charge in [0.05, 0.1) is 22.0 Å². The number of nitrogens with zero attached hydrogens (tertiary/aromatic N) is 1. The van der Waals surface area contributed by atoms with E-state index in [0.717, 1.165) is 11.1 Å². The van der Waals surface area contributed by atoms with Crippen molar-refractivity contribution in [2.45, 2.75) is 11.4 Å². The van der Waals surface area contributed by atoms with Crippen LogP contribution in [0.3, 0.4) is 0 Å². The van der Waals surface area contributed by atoms with E-state index in [9.17, 15) is 13.2 Å². The molecule has 0 atom stereocenters. The third-order valence-corrected chi connectivity index (χ3v) is 5.22. The first-order chi connectivity index (χ1) is 9.79. The number of thiophene rings is 1. The van der Waals surface area contributed by atoms with Crippen LogP contribution in [-0.4, -0.2) is 32.5 Å². The van der Waals surface area contributed by atoms with Crippen molar-refractivity contribution in [3.8, 4) is 0 Å². The van der Waals surface area contributed by atoms with Crippen LogP contribution in [0.4, 0.5) is 0 Å². The quantitative estimate of drug-likeness (QED) is 0.857. The highest BCUT2D eigenvalue weighted by Gasteiger charge is 2.18. The molecule has 112 valence electrons. The highest BCUT2D eigenvalue weighted by Crippen LogP contribution is 2.23. The van der Waals surface area contributed by atoms with Crippen LogP contribution in [0.1, 0.15) is 15.2 Å². The van der Waals surface area contributed by atoms with Crippen molar-refractivity contribution in [1.82, 2.24) is 4.90 Å². The molecule has 0 aliphatic carbocycles. The van der Waals surface area contributed by atoms with Gasteiger partial charge in [0.15, 0.2) is 9.84 Å². The molecule has 1 heterocycles. The van der Waals surface area contributed by atoms with E-state index in [4.69, 9.17) is 11.6 Å². The summed E-state index contributed by atoms with van der Waals surface area (Å²) < 4.78 is 23.2. The molecule has 0 aliphatic rings. The summed E-state index contributed by atoms with van der Waals surface area (Å²) in [6.07, 6.45) is 1.10. The Morgan fingerprint density at radius 1 is 1.33 bits per heavy atom. The zero-order valence-corrected chi connectivity index (χ0v) is 13.9.